The molecule has 0 spiro atoms. The molecule has 0 fully saturated rings. The lowest BCUT2D eigenvalue weighted by molar-refractivity contribution is 0.129. The van der Waals surface area contributed by atoms with E-state index in [-0.39, 0.29) is 13.2 Å². The van der Waals surface area contributed by atoms with Gasteiger partial charge in [0, 0.05) is 13.1 Å². The van der Waals surface area contributed by atoms with Gasteiger partial charge < -0.3 is 15.1 Å². The number of hydrogen-bond acceptors (Lipinski definition) is 5. The Balaban J connectivity index is 2.20. The van der Waals surface area contributed by atoms with Crippen LogP contribution < -0.4 is 0 Å². The first kappa shape index (κ1) is 17.6. The Morgan fingerprint density at radius 3 is 2.38 bits per heavy atom. The molecule has 5 heteroatoms. The highest BCUT2D eigenvalue weighted by molar-refractivity contribution is 5.81. The fraction of sp³-hybridized carbons (Fsp3) is 0.562. The molecule has 1 aromatic carbocycles. The molecule has 0 bridgehead atoms. The van der Waals surface area contributed by atoms with Crippen LogP contribution in [0.15, 0.2) is 35.5 Å². The summed E-state index contributed by atoms with van der Waals surface area (Å²) in [6.45, 7) is 4.71. The lowest BCUT2D eigenvalue weighted by atomic mass is 10.2. The smallest absolute Gasteiger partial charge is 0.142 e. The van der Waals surface area contributed by atoms with Crippen LogP contribution in [0, 0.1) is 0 Å². The molecular weight excluding hydrogens is 268 g/mol. The number of aliphatic hydroxyl groups excluding tert-OH is 2. The van der Waals surface area contributed by atoms with Crippen LogP contribution in [-0.4, -0.2) is 53.7 Å². The predicted octanol–water partition coefficient (Wildman–Crippen LogP) is 1.65. The van der Waals surface area contributed by atoms with Crippen molar-refractivity contribution in [1.82, 2.24) is 4.90 Å². The molecule has 0 saturated heterocycles. The maximum atomic E-state index is 8.93. The summed E-state index contributed by atoms with van der Waals surface area (Å²) in [5, 5.41) is 22.0. The van der Waals surface area contributed by atoms with Gasteiger partial charge >= 0.3 is 0 Å². The molecule has 1 rings (SSSR count). The maximum absolute atomic E-state index is 8.93. The van der Waals surface area contributed by atoms with E-state index in [1.54, 1.807) is 0 Å². The van der Waals surface area contributed by atoms with Crippen molar-refractivity contribution in [1.29, 1.82) is 0 Å². The maximum Gasteiger partial charge on any atom is 0.142 e. The monoisotopic (exact) mass is 294 g/mol. The van der Waals surface area contributed by atoms with E-state index in [1.165, 1.54) is 0 Å². The minimum absolute atomic E-state index is 0.118. The highest BCUT2D eigenvalue weighted by Crippen LogP contribution is 2.02. The van der Waals surface area contributed by atoms with Crippen LogP contribution in [-0.2, 0) is 11.4 Å². The van der Waals surface area contributed by atoms with Gasteiger partial charge in [-0.3, -0.25) is 4.90 Å². The molecule has 0 amide bonds. The second kappa shape index (κ2) is 11.3. The molecule has 0 heterocycles. The average Bonchev–Trinajstić information content (AvgIpc) is 2.49. The molecule has 2 N–H and O–H groups in total. The van der Waals surface area contributed by atoms with Crippen molar-refractivity contribution in [2.24, 2.45) is 5.16 Å². The van der Waals surface area contributed by atoms with Gasteiger partial charge in [0.15, 0.2) is 0 Å². The van der Waals surface area contributed by atoms with Crippen molar-refractivity contribution in [2.45, 2.75) is 26.4 Å². The van der Waals surface area contributed by atoms with Crippen molar-refractivity contribution in [3.63, 3.8) is 0 Å². The van der Waals surface area contributed by atoms with E-state index in [1.807, 2.05) is 42.2 Å². The summed E-state index contributed by atoms with van der Waals surface area (Å²) in [4.78, 5) is 7.37. The molecule has 21 heavy (non-hydrogen) atoms. The highest BCUT2D eigenvalue weighted by atomic mass is 16.6. The summed E-state index contributed by atoms with van der Waals surface area (Å²) in [7, 11) is 0. The quantitative estimate of drug-likeness (QED) is 0.481. The Kier molecular flexibility index (Phi) is 9.44. The van der Waals surface area contributed by atoms with Crippen molar-refractivity contribution in [3.8, 4) is 0 Å². The second-order valence-electron chi connectivity index (χ2n) is 4.98. The van der Waals surface area contributed by atoms with Gasteiger partial charge in [0.2, 0.25) is 0 Å². The number of rotatable bonds is 11. The molecular formula is C16H26N2O3. The molecule has 1 aromatic rings. The topological polar surface area (TPSA) is 65.3 Å². The summed E-state index contributed by atoms with van der Waals surface area (Å²) >= 11 is 0. The Morgan fingerprint density at radius 2 is 1.76 bits per heavy atom. The van der Waals surface area contributed by atoms with Gasteiger partial charge in [-0.05, 0) is 31.9 Å². The van der Waals surface area contributed by atoms with Crippen molar-refractivity contribution >= 4 is 5.71 Å². The Labute approximate surface area is 126 Å². The molecule has 5 nitrogen and oxygen atoms in total. The Bertz CT molecular complexity index is 390. The van der Waals surface area contributed by atoms with E-state index >= 15 is 0 Å². The number of hydrogen-bond donors (Lipinski definition) is 2. The van der Waals surface area contributed by atoms with Crippen LogP contribution in [0.5, 0.6) is 0 Å². The zero-order chi connectivity index (χ0) is 15.3. The van der Waals surface area contributed by atoms with Gasteiger partial charge in [-0.25, -0.2) is 0 Å². The van der Waals surface area contributed by atoms with E-state index in [0.29, 0.717) is 19.7 Å². The standard InChI is InChI=1S/C16H26N2O3/c1-15(6-5-9-18(10-12-19)11-13-20)17-21-14-16-7-3-2-4-8-16/h2-4,7-8,19-20H,5-6,9-14H2,1H3/b17-15+. The minimum Gasteiger partial charge on any atom is -0.395 e. The molecule has 0 radical (unpaired) electrons. The third-order valence-corrected chi connectivity index (χ3v) is 3.14. The van der Waals surface area contributed by atoms with Crippen LogP contribution in [0.1, 0.15) is 25.3 Å². The largest absolute Gasteiger partial charge is 0.395 e. The zero-order valence-corrected chi connectivity index (χ0v) is 12.7. The van der Waals surface area contributed by atoms with Gasteiger partial charge in [0.1, 0.15) is 6.61 Å². The third-order valence-electron chi connectivity index (χ3n) is 3.14. The first-order valence-corrected chi connectivity index (χ1v) is 7.39. The number of aliphatic hydroxyl groups is 2. The van der Waals surface area contributed by atoms with E-state index in [9.17, 15) is 0 Å². The van der Waals surface area contributed by atoms with Gasteiger partial charge in [0.05, 0.1) is 18.9 Å². The SMILES string of the molecule is C/C(CCCN(CCO)CCO)=N\OCc1ccccc1. The van der Waals surface area contributed by atoms with E-state index in [0.717, 1.165) is 30.7 Å². The lowest BCUT2D eigenvalue weighted by Gasteiger charge is -2.19. The summed E-state index contributed by atoms with van der Waals surface area (Å²) in [5.74, 6) is 0. The first-order chi connectivity index (χ1) is 10.3. The van der Waals surface area contributed by atoms with Crippen LogP contribution in [0.4, 0.5) is 0 Å². The normalized spacial score (nSPS) is 11.9. The molecule has 0 saturated carbocycles. The molecule has 0 aliphatic carbocycles. The van der Waals surface area contributed by atoms with E-state index in [2.05, 4.69) is 5.16 Å². The summed E-state index contributed by atoms with van der Waals surface area (Å²) in [6, 6.07) is 9.94. The van der Waals surface area contributed by atoms with Crippen molar-refractivity contribution in [2.75, 3.05) is 32.8 Å². The van der Waals surface area contributed by atoms with Gasteiger partial charge in [0.25, 0.3) is 0 Å². The Hall–Kier alpha value is -1.43. The fourth-order valence-corrected chi connectivity index (χ4v) is 2.01. The van der Waals surface area contributed by atoms with Crippen LogP contribution in [0.2, 0.25) is 0 Å². The molecule has 0 atom stereocenters. The number of oxime groups is 1. The fourth-order valence-electron chi connectivity index (χ4n) is 2.01. The number of nitrogens with zero attached hydrogens (tertiary/aromatic N) is 2. The van der Waals surface area contributed by atoms with Crippen molar-refractivity contribution < 1.29 is 15.1 Å². The number of benzene rings is 1. The van der Waals surface area contributed by atoms with Crippen LogP contribution in [0.3, 0.4) is 0 Å². The summed E-state index contributed by atoms with van der Waals surface area (Å²) in [5.41, 5.74) is 2.06. The lowest BCUT2D eigenvalue weighted by Crippen LogP contribution is -2.31. The van der Waals surface area contributed by atoms with Crippen LogP contribution in [0.25, 0.3) is 0 Å². The van der Waals surface area contributed by atoms with Crippen LogP contribution >= 0.6 is 0 Å². The van der Waals surface area contributed by atoms with E-state index in [4.69, 9.17) is 15.1 Å². The van der Waals surface area contributed by atoms with Gasteiger partial charge in [-0.2, -0.15) is 0 Å². The van der Waals surface area contributed by atoms with E-state index < -0.39 is 0 Å². The summed E-state index contributed by atoms with van der Waals surface area (Å²) < 4.78 is 0. The molecule has 0 aliphatic rings. The van der Waals surface area contributed by atoms with Gasteiger partial charge in [-0.1, -0.05) is 35.5 Å². The first-order valence-electron chi connectivity index (χ1n) is 7.39. The molecule has 0 aliphatic heterocycles. The highest BCUT2D eigenvalue weighted by Gasteiger charge is 2.03. The summed E-state index contributed by atoms with van der Waals surface area (Å²) in [6.07, 6.45) is 1.78. The van der Waals surface area contributed by atoms with Gasteiger partial charge in [-0.15, -0.1) is 0 Å². The average molecular weight is 294 g/mol. The second-order valence-corrected chi connectivity index (χ2v) is 4.98. The molecule has 118 valence electrons. The third kappa shape index (κ3) is 8.45. The molecule has 0 aromatic heterocycles. The molecule has 0 unspecified atom stereocenters. The zero-order valence-electron chi connectivity index (χ0n) is 12.7. The predicted molar refractivity (Wildman–Crippen MR) is 84.2 cm³/mol. The van der Waals surface area contributed by atoms with Crippen molar-refractivity contribution in [3.05, 3.63) is 35.9 Å². The minimum atomic E-state index is 0.118. The Morgan fingerprint density at radius 1 is 1.10 bits per heavy atom.